The molecule has 1 spiro atoms. The van der Waals surface area contributed by atoms with Crippen molar-refractivity contribution in [3.05, 3.63) is 0 Å². The van der Waals surface area contributed by atoms with E-state index in [4.69, 9.17) is 0 Å². The Morgan fingerprint density at radius 3 is 2.00 bits per heavy atom. The van der Waals surface area contributed by atoms with Crippen molar-refractivity contribution in [3.63, 3.8) is 0 Å². The fourth-order valence-corrected chi connectivity index (χ4v) is 3.95. The molecule has 1 saturated carbocycles. The molecule has 3 rings (SSSR count). The second-order valence-corrected chi connectivity index (χ2v) is 6.48. The fraction of sp³-hybridized carbons (Fsp3) is 1.00. The fourth-order valence-electron chi connectivity index (χ4n) is 3.95. The minimum absolute atomic E-state index is 0.755. The summed E-state index contributed by atoms with van der Waals surface area (Å²) in [5.74, 6) is 2.11. The third-order valence-corrected chi connectivity index (χ3v) is 5.29. The highest BCUT2D eigenvalue weighted by Gasteiger charge is 2.40. The first-order valence-electron chi connectivity index (χ1n) is 7.28. The van der Waals surface area contributed by atoms with E-state index >= 15 is 0 Å². The van der Waals surface area contributed by atoms with Gasteiger partial charge in [-0.2, -0.15) is 0 Å². The summed E-state index contributed by atoms with van der Waals surface area (Å²) >= 11 is 0. The predicted molar refractivity (Wildman–Crippen MR) is 67.5 cm³/mol. The number of hydrogen-bond donors (Lipinski definition) is 2. The lowest BCUT2D eigenvalue weighted by Crippen LogP contribution is -2.54. The van der Waals surface area contributed by atoms with Crippen LogP contribution in [0.25, 0.3) is 0 Å². The Morgan fingerprint density at radius 2 is 1.44 bits per heavy atom. The standard InChI is InChI=1S/C14H26N2/c1-5-14(10-16-11-14)6-2-12(1)9-13-3-7-15-8-4-13/h12-13,15-16H,1-11H2. The molecule has 0 unspecified atom stereocenters. The molecule has 16 heavy (non-hydrogen) atoms. The summed E-state index contributed by atoms with van der Waals surface area (Å²) < 4.78 is 0. The van der Waals surface area contributed by atoms with Crippen molar-refractivity contribution in [1.82, 2.24) is 10.6 Å². The summed E-state index contributed by atoms with van der Waals surface area (Å²) in [6.07, 6.45) is 10.5. The summed E-state index contributed by atoms with van der Waals surface area (Å²) in [6, 6.07) is 0. The van der Waals surface area contributed by atoms with E-state index < -0.39 is 0 Å². The molecule has 2 nitrogen and oxygen atoms in total. The molecule has 3 aliphatic rings. The van der Waals surface area contributed by atoms with Gasteiger partial charge in [-0.15, -0.1) is 0 Å². The molecule has 3 fully saturated rings. The zero-order valence-corrected chi connectivity index (χ0v) is 10.4. The van der Waals surface area contributed by atoms with Crippen LogP contribution in [0.1, 0.15) is 44.9 Å². The van der Waals surface area contributed by atoms with Crippen molar-refractivity contribution in [1.29, 1.82) is 0 Å². The van der Waals surface area contributed by atoms with E-state index in [9.17, 15) is 0 Å². The molecule has 0 bridgehead atoms. The summed E-state index contributed by atoms with van der Waals surface area (Å²) in [4.78, 5) is 0. The van der Waals surface area contributed by atoms with Gasteiger partial charge in [0.1, 0.15) is 0 Å². The van der Waals surface area contributed by atoms with E-state index in [2.05, 4.69) is 10.6 Å². The van der Waals surface area contributed by atoms with Gasteiger partial charge in [0, 0.05) is 13.1 Å². The minimum atomic E-state index is 0.755. The zero-order valence-electron chi connectivity index (χ0n) is 10.4. The van der Waals surface area contributed by atoms with Crippen molar-refractivity contribution < 1.29 is 0 Å². The van der Waals surface area contributed by atoms with Gasteiger partial charge in [0.15, 0.2) is 0 Å². The van der Waals surface area contributed by atoms with Crippen LogP contribution in [-0.4, -0.2) is 26.2 Å². The average molecular weight is 222 g/mol. The van der Waals surface area contributed by atoms with Gasteiger partial charge in [-0.05, 0) is 75.3 Å². The van der Waals surface area contributed by atoms with Crippen LogP contribution in [0.2, 0.25) is 0 Å². The first-order valence-corrected chi connectivity index (χ1v) is 7.28. The molecule has 0 aromatic heterocycles. The van der Waals surface area contributed by atoms with Crippen LogP contribution >= 0.6 is 0 Å². The third kappa shape index (κ3) is 2.28. The van der Waals surface area contributed by atoms with E-state index in [0.717, 1.165) is 17.3 Å². The van der Waals surface area contributed by atoms with Crippen molar-refractivity contribution in [2.75, 3.05) is 26.2 Å². The van der Waals surface area contributed by atoms with Crippen LogP contribution in [0.4, 0.5) is 0 Å². The van der Waals surface area contributed by atoms with Crippen LogP contribution in [0, 0.1) is 17.3 Å². The third-order valence-electron chi connectivity index (χ3n) is 5.29. The number of piperidine rings is 1. The van der Waals surface area contributed by atoms with E-state index in [1.807, 2.05) is 0 Å². The molecule has 1 aliphatic carbocycles. The van der Waals surface area contributed by atoms with Gasteiger partial charge >= 0.3 is 0 Å². The van der Waals surface area contributed by atoms with Gasteiger partial charge in [0.25, 0.3) is 0 Å². The summed E-state index contributed by atoms with van der Waals surface area (Å²) in [7, 11) is 0. The topological polar surface area (TPSA) is 24.1 Å². The van der Waals surface area contributed by atoms with Gasteiger partial charge in [0.05, 0.1) is 0 Å². The molecule has 2 aliphatic heterocycles. The molecule has 0 aromatic rings. The Labute approximate surface area is 99.6 Å². The van der Waals surface area contributed by atoms with Crippen LogP contribution in [0.3, 0.4) is 0 Å². The van der Waals surface area contributed by atoms with Gasteiger partial charge in [-0.25, -0.2) is 0 Å². The van der Waals surface area contributed by atoms with Crippen LogP contribution < -0.4 is 10.6 Å². The molecule has 92 valence electrons. The van der Waals surface area contributed by atoms with Crippen molar-refractivity contribution in [3.8, 4) is 0 Å². The van der Waals surface area contributed by atoms with E-state index in [-0.39, 0.29) is 0 Å². The average Bonchev–Trinajstić information content (AvgIpc) is 2.29. The SMILES string of the molecule is C1CC(CC2CCC3(CC2)CNC3)CCN1. The number of rotatable bonds is 2. The Bertz CT molecular complexity index is 219. The summed E-state index contributed by atoms with van der Waals surface area (Å²) in [5.41, 5.74) is 0.755. The molecular weight excluding hydrogens is 196 g/mol. The Morgan fingerprint density at radius 1 is 0.812 bits per heavy atom. The van der Waals surface area contributed by atoms with Crippen molar-refractivity contribution in [2.45, 2.75) is 44.9 Å². The first-order chi connectivity index (χ1) is 7.86. The molecule has 0 atom stereocenters. The van der Waals surface area contributed by atoms with Gasteiger partial charge in [-0.3, -0.25) is 0 Å². The number of hydrogen-bond acceptors (Lipinski definition) is 2. The van der Waals surface area contributed by atoms with Gasteiger partial charge in [-0.1, -0.05) is 0 Å². The van der Waals surface area contributed by atoms with E-state index in [1.54, 1.807) is 0 Å². The van der Waals surface area contributed by atoms with Crippen LogP contribution in [0.5, 0.6) is 0 Å². The lowest BCUT2D eigenvalue weighted by atomic mass is 9.65. The molecular formula is C14H26N2. The van der Waals surface area contributed by atoms with Crippen molar-refractivity contribution >= 4 is 0 Å². The predicted octanol–water partition coefficient (Wildman–Crippen LogP) is 2.16. The van der Waals surface area contributed by atoms with Gasteiger partial charge < -0.3 is 10.6 Å². The smallest absolute Gasteiger partial charge is 0.00202 e. The highest BCUT2D eigenvalue weighted by molar-refractivity contribution is 4.95. The first kappa shape index (κ1) is 11.0. The minimum Gasteiger partial charge on any atom is -0.317 e. The molecule has 0 aromatic carbocycles. The maximum atomic E-state index is 3.48. The van der Waals surface area contributed by atoms with Crippen molar-refractivity contribution in [2.24, 2.45) is 17.3 Å². The molecule has 2 heterocycles. The van der Waals surface area contributed by atoms with Gasteiger partial charge in [0.2, 0.25) is 0 Å². The number of nitrogens with one attached hydrogen (secondary N) is 2. The van der Waals surface area contributed by atoms with E-state index in [1.165, 1.54) is 71.1 Å². The monoisotopic (exact) mass is 222 g/mol. The normalized spacial score (nSPS) is 31.5. The lowest BCUT2D eigenvalue weighted by molar-refractivity contribution is 0.0726. The highest BCUT2D eigenvalue weighted by Crippen LogP contribution is 2.43. The molecule has 0 radical (unpaired) electrons. The Kier molecular flexibility index (Phi) is 3.21. The lowest BCUT2D eigenvalue weighted by Gasteiger charge is -2.48. The summed E-state index contributed by atoms with van der Waals surface area (Å²) in [5, 5.41) is 6.93. The van der Waals surface area contributed by atoms with E-state index in [0.29, 0.717) is 0 Å². The van der Waals surface area contributed by atoms with Crippen LogP contribution in [-0.2, 0) is 0 Å². The maximum Gasteiger partial charge on any atom is 0.00202 e. The second kappa shape index (κ2) is 4.66. The zero-order chi connectivity index (χ0) is 10.8. The molecule has 2 N–H and O–H groups in total. The van der Waals surface area contributed by atoms with Crippen LogP contribution in [0.15, 0.2) is 0 Å². The largest absolute Gasteiger partial charge is 0.317 e. The summed E-state index contributed by atoms with van der Waals surface area (Å²) in [6.45, 7) is 5.16. The highest BCUT2D eigenvalue weighted by atomic mass is 15.0. The maximum absolute atomic E-state index is 3.48. The molecule has 2 heteroatoms. The Hall–Kier alpha value is -0.0800. The quantitative estimate of drug-likeness (QED) is 0.748. The molecule has 0 amide bonds. The second-order valence-electron chi connectivity index (χ2n) is 6.48. The molecule has 2 saturated heterocycles. The Balaban J connectivity index is 1.43.